The van der Waals surface area contributed by atoms with Crippen molar-refractivity contribution < 1.29 is 9.59 Å². The lowest BCUT2D eigenvalue weighted by Crippen LogP contribution is -2.31. The van der Waals surface area contributed by atoms with Crippen molar-refractivity contribution in [3.63, 3.8) is 0 Å². The minimum atomic E-state index is -0.278. The molecule has 0 saturated heterocycles. The van der Waals surface area contributed by atoms with E-state index in [1.165, 1.54) is 16.2 Å². The molecule has 0 radical (unpaired) electrons. The topological polar surface area (TPSA) is 63.4 Å². The van der Waals surface area contributed by atoms with Crippen LogP contribution < -0.4 is 5.73 Å². The second-order valence-electron chi connectivity index (χ2n) is 4.52. The highest BCUT2D eigenvalue weighted by atomic mass is 35.5. The van der Waals surface area contributed by atoms with Crippen LogP contribution in [0.3, 0.4) is 0 Å². The van der Waals surface area contributed by atoms with Crippen LogP contribution in [0.15, 0.2) is 30.3 Å². The van der Waals surface area contributed by atoms with Gasteiger partial charge in [0.15, 0.2) is 0 Å². The number of hydrogen-bond donors (Lipinski definition) is 1. The maximum Gasteiger partial charge on any atom is 0.261 e. The third-order valence-electron chi connectivity index (χ3n) is 3.21. The highest BCUT2D eigenvalue weighted by Crippen LogP contribution is 2.26. The molecule has 3 rings (SSSR count). The molecule has 20 heavy (non-hydrogen) atoms. The van der Waals surface area contributed by atoms with Crippen molar-refractivity contribution in [1.29, 1.82) is 0 Å². The van der Waals surface area contributed by atoms with Crippen LogP contribution in [-0.2, 0) is 6.42 Å². The van der Waals surface area contributed by atoms with Gasteiger partial charge in [-0.15, -0.1) is 11.3 Å². The van der Waals surface area contributed by atoms with E-state index in [-0.39, 0.29) is 11.8 Å². The van der Waals surface area contributed by atoms with Gasteiger partial charge in [-0.25, -0.2) is 0 Å². The number of fused-ring (bicyclic) bond motifs is 1. The maximum atomic E-state index is 12.2. The van der Waals surface area contributed by atoms with E-state index in [9.17, 15) is 9.59 Å². The highest BCUT2D eigenvalue weighted by Gasteiger charge is 2.35. The molecule has 0 unspecified atom stereocenters. The number of amides is 2. The number of thiophene rings is 1. The summed E-state index contributed by atoms with van der Waals surface area (Å²) in [4.78, 5) is 26.7. The summed E-state index contributed by atoms with van der Waals surface area (Å²) in [6, 6.07) is 8.50. The zero-order valence-electron chi connectivity index (χ0n) is 10.4. The minimum Gasteiger partial charge on any atom is -0.399 e. The number of anilines is 1. The Morgan fingerprint density at radius 1 is 1.10 bits per heavy atom. The van der Waals surface area contributed by atoms with Crippen molar-refractivity contribution in [2.24, 2.45) is 0 Å². The Kier molecular flexibility index (Phi) is 3.23. The van der Waals surface area contributed by atoms with E-state index in [0.29, 0.717) is 34.1 Å². The Balaban J connectivity index is 1.79. The van der Waals surface area contributed by atoms with Gasteiger partial charge in [0.05, 0.1) is 15.5 Å². The van der Waals surface area contributed by atoms with E-state index in [1.807, 2.05) is 12.1 Å². The molecule has 2 N–H and O–H groups in total. The van der Waals surface area contributed by atoms with E-state index < -0.39 is 0 Å². The molecule has 0 spiro atoms. The molecular formula is C14H11ClN2O2S. The SMILES string of the molecule is Nc1ccc2c(c1)C(=O)N(CCc1ccc(Cl)s1)C2=O. The van der Waals surface area contributed by atoms with Crippen LogP contribution in [-0.4, -0.2) is 23.3 Å². The lowest BCUT2D eigenvalue weighted by molar-refractivity contribution is 0.0656. The molecule has 1 aromatic carbocycles. The normalized spacial score (nSPS) is 13.9. The summed E-state index contributed by atoms with van der Waals surface area (Å²) >= 11 is 7.32. The molecule has 0 saturated carbocycles. The lowest BCUT2D eigenvalue weighted by atomic mass is 10.1. The number of halogens is 1. The van der Waals surface area contributed by atoms with Gasteiger partial charge in [0.2, 0.25) is 0 Å². The first kappa shape index (κ1) is 13.1. The summed E-state index contributed by atoms with van der Waals surface area (Å²) in [6.45, 7) is 0.350. The van der Waals surface area contributed by atoms with Gasteiger partial charge in [0, 0.05) is 17.1 Å². The van der Waals surface area contributed by atoms with E-state index in [2.05, 4.69) is 0 Å². The fourth-order valence-corrected chi connectivity index (χ4v) is 3.30. The average molecular weight is 307 g/mol. The van der Waals surface area contributed by atoms with Crippen molar-refractivity contribution in [3.8, 4) is 0 Å². The third-order valence-corrected chi connectivity index (χ3v) is 4.50. The largest absolute Gasteiger partial charge is 0.399 e. The third kappa shape index (κ3) is 2.19. The van der Waals surface area contributed by atoms with Gasteiger partial charge in [0.1, 0.15) is 0 Å². The molecular weight excluding hydrogens is 296 g/mol. The molecule has 0 atom stereocenters. The number of nitrogens with two attached hydrogens (primary N) is 1. The second kappa shape index (κ2) is 4.92. The van der Waals surface area contributed by atoms with Gasteiger partial charge < -0.3 is 5.73 Å². The molecule has 1 aliphatic rings. The van der Waals surface area contributed by atoms with Crippen LogP contribution in [0.25, 0.3) is 0 Å². The van der Waals surface area contributed by atoms with Gasteiger partial charge in [-0.2, -0.15) is 0 Å². The molecule has 2 heterocycles. The fourth-order valence-electron chi connectivity index (χ4n) is 2.22. The number of benzene rings is 1. The smallest absolute Gasteiger partial charge is 0.261 e. The van der Waals surface area contributed by atoms with Gasteiger partial charge in [-0.05, 0) is 36.8 Å². The van der Waals surface area contributed by atoms with Crippen LogP contribution >= 0.6 is 22.9 Å². The van der Waals surface area contributed by atoms with Gasteiger partial charge in [-0.3, -0.25) is 14.5 Å². The van der Waals surface area contributed by atoms with Gasteiger partial charge in [0.25, 0.3) is 11.8 Å². The average Bonchev–Trinajstić information content (AvgIpc) is 2.92. The molecule has 2 amide bonds. The first-order valence-electron chi connectivity index (χ1n) is 6.06. The molecule has 2 aromatic rings. The van der Waals surface area contributed by atoms with Crippen LogP contribution in [0.1, 0.15) is 25.6 Å². The summed E-state index contributed by atoms with van der Waals surface area (Å²) in [6.07, 6.45) is 0.609. The van der Waals surface area contributed by atoms with Gasteiger partial charge >= 0.3 is 0 Å². The standard InChI is InChI=1S/C14H11ClN2O2S/c15-12-4-2-9(20-12)5-6-17-13(18)10-3-1-8(16)7-11(10)14(17)19/h1-4,7H,5-6,16H2. The van der Waals surface area contributed by atoms with Crippen molar-refractivity contribution >= 4 is 40.4 Å². The maximum absolute atomic E-state index is 12.2. The predicted molar refractivity (Wildman–Crippen MR) is 79.3 cm³/mol. The number of rotatable bonds is 3. The van der Waals surface area contributed by atoms with Crippen LogP contribution in [0.5, 0.6) is 0 Å². The first-order valence-corrected chi connectivity index (χ1v) is 7.25. The second-order valence-corrected chi connectivity index (χ2v) is 6.32. The fraction of sp³-hybridized carbons (Fsp3) is 0.143. The van der Waals surface area contributed by atoms with Crippen molar-refractivity contribution in [2.75, 3.05) is 12.3 Å². The first-order chi connectivity index (χ1) is 9.56. The van der Waals surface area contributed by atoms with Crippen molar-refractivity contribution in [3.05, 3.63) is 50.7 Å². The molecule has 1 aromatic heterocycles. The van der Waals surface area contributed by atoms with Gasteiger partial charge in [-0.1, -0.05) is 11.6 Å². The van der Waals surface area contributed by atoms with Crippen LogP contribution in [0.2, 0.25) is 4.34 Å². The number of imide groups is 1. The van der Waals surface area contributed by atoms with Crippen LogP contribution in [0, 0.1) is 0 Å². The predicted octanol–water partition coefficient (Wildman–Crippen LogP) is 2.82. The molecule has 4 nitrogen and oxygen atoms in total. The molecule has 6 heteroatoms. The number of nitrogens with zero attached hydrogens (tertiary/aromatic N) is 1. The Morgan fingerprint density at radius 2 is 1.85 bits per heavy atom. The molecule has 1 aliphatic heterocycles. The summed E-state index contributed by atoms with van der Waals surface area (Å²) < 4.78 is 0.704. The molecule has 102 valence electrons. The zero-order chi connectivity index (χ0) is 14.3. The number of carbonyl (C=O) groups excluding carboxylic acids is 2. The van der Waals surface area contributed by atoms with Crippen molar-refractivity contribution in [1.82, 2.24) is 4.90 Å². The number of nitrogen functional groups attached to an aromatic ring is 1. The van der Waals surface area contributed by atoms with E-state index in [0.717, 1.165) is 4.88 Å². The molecule has 0 aliphatic carbocycles. The van der Waals surface area contributed by atoms with E-state index in [4.69, 9.17) is 17.3 Å². The van der Waals surface area contributed by atoms with Crippen molar-refractivity contribution in [2.45, 2.75) is 6.42 Å². The zero-order valence-corrected chi connectivity index (χ0v) is 12.0. The Bertz CT molecular complexity index is 711. The Labute approximate surface area is 124 Å². The molecule has 0 fully saturated rings. The summed E-state index contributed by atoms with van der Waals surface area (Å²) in [5.74, 6) is -0.535. The Morgan fingerprint density at radius 3 is 2.55 bits per heavy atom. The van der Waals surface area contributed by atoms with E-state index in [1.54, 1.807) is 18.2 Å². The Hall–Kier alpha value is -1.85. The summed E-state index contributed by atoms with van der Waals surface area (Å²) in [5, 5.41) is 0. The number of carbonyl (C=O) groups is 2. The summed E-state index contributed by atoms with van der Waals surface area (Å²) in [5.41, 5.74) is 6.95. The van der Waals surface area contributed by atoms with Crippen LogP contribution in [0.4, 0.5) is 5.69 Å². The monoisotopic (exact) mass is 306 g/mol. The number of hydrogen-bond acceptors (Lipinski definition) is 4. The molecule has 0 bridgehead atoms. The van der Waals surface area contributed by atoms with E-state index >= 15 is 0 Å². The summed E-state index contributed by atoms with van der Waals surface area (Å²) in [7, 11) is 0. The minimum absolute atomic E-state index is 0.257. The highest BCUT2D eigenvalue weighted by molar-refractivity contribution is 7.16. The quantitative estimate of drug-likeness (QED) is 0.700. The lowest BCUT2D eigenvalue weighted by Gasteiger charge is -2.12.